The second-order valence-corrected chi connectivity index (χ2v) is 9.25. The Bertz CT molecular complexity index is 1080. The largest absolute Gasteiger partial charge is 0.351 e. The molecule has 1 aliphatic carbocycles. The zero-order valence-electron chi connectivity index (χ0n) is 20.0. The second kappa shape index (κ2) is 11.6. The van der Waals surface area contributed by atoms with Gasteiger partial charge in [-0.05, 0) is 47.9 Å². The highest BCUT2D eigenvalue weighted by Gasteiger charge is 2.41. The number of anilines is 1. The van der Waals surface area contributed by atoms with E-state index < -0.39 is 5.41 Å². The third-order valence-electron chi connectivity index (χ3n) is 6.98. The van der Waals surface area contributed by atoms with E-state index in [-0.39, 0.29) is 24.2 Å². The smallest absolute Gasteiger partial charge is 0.235 e. The van der Waals surface area contributed by atoms with Gasteiger partial charge in [-0.25, -0.2) is 0 Å². The van der Waals surface area contributed by atoms with E-state index in [4.69, 9.17) is 5.41 Å². The van der Waals surface area contributed by atoms with Crippen molar-refractivity contribution >= 4 is 23.7 Å². The van der Waals surface area contributed by atoms with Crippen LogP contribution in [0.2, 0.25) is 0 Å². The van der Waals surface area contributed by atoms with E-state index in [2.05, 4.69) is 10.6 Å². The third kappa shape index (κ3) is 5.68. The number of carbonyl (C=O) groups excluding carboxylic acids is 2. The molecule has 0 aromatic heterocycles. The molecule has 1 fully saturated rings. The Labute approximate surface area is 207 Å². The first-order valence-corrected chi connectivity index (χ1v) is 12.4. The molecule has 0 aliphatic heterocycles. The van der Waals surface area contributed by atoms with Crippen molar-refractivity contribution in [3.8, 4) is 0 Å². The summed E-state index contributed by atoms with van der Waals surface area (Å²) in [6.45, 7) is 0.356. The van der Waals surface area contributed by atoms with Crippen LogP contribution in [0.4, 0.5) is 5.69 Å². The molecule has 0 saturated heterocycles. The van der Waals surface area contributed by atoms with Crippen LogP contribution in [0.5, 0.6) is 0 Å². The van der Waals surface area contributed by atoms with Crippen molar-refractivity contribution < 1.29 is 9.59 Å². The van der Waals surface area contributed by atoms with Crippen molar-refractivity contribution in [3.05, 3.63) is 102 Å². The van der Waals surface area contributed by atoms with E-state index in [9.17, 15) is 9.59 Å². The minimum Gasteiger partial charge on any atom is -0.351 e. The Hall–Kier alpha value is -3.73. The van der Waals surface area contributed by atoms with Gasteiger partial charge < -0.3 is 16.0 Å². The molecule has 0 unspecified atom stereocenters. The summed E-state index contributed by atoms with van der Waals surface area (Å²) in [6, 6.07) is 27.0. The van der Waals surface area contributed by atoms with Crippen molar-refractivity contribution in [2.45, 2.75) is 50.5 Å². The molecular formula is C30H33N3O2. The van der Waals surface area contributed by atoms with Crippen LogP contribution in [0, 0.1) is 11.3 Å². The monoisotopic (exact) mass is 467 g/mol. The molecule has 0 atom stereocenters. The SMILES string of the molecule is N=CCC(C(=O)NCc1ccc(NC(=O)C2CCCCC2)cc1)(c1ccccc1)c1ccccc1. The Kier molecular flexibility index (Phi) is 8.09. The van der Waals surface area contributed by atoms with Crippen LogP contribution >= 0.6 is 0 Å². The molecule has 0 bridgehead atoms. The Morgan fingerprint density at radius 2 is 1.40 bits per heavy atom. The first-order chi connectivity index (χ1) is 17.1. The molecule has 0 radical (unpaired) electrons. The number of carbonyl (C=O) groups is 2. The van der Waals surface area contributed by atoms with Gasteiger partial charge in [-0.1, -0.05) is 92.1 Å². The first kappa shape index (κ1) is 24.4. The average Bonchev–Trinajstić information content (AvgIpc) is 2.92. The lowest BCUT2D eigenvalue weighted by atomic mass is 9.71. The van der Waals surface area contributed by atoms with Gasteiger partial charge in [0.2, 0.25) is 11.8 Å². The highest BCUT2D eigenvalue weighted by molar-refractivity contribution is 5.95. The average molecular weight is 468 g/mol. The maximum atomic E-state index is 13.7. The lowest BCUT2D eigenvalue weighted by molar-refractivity contribution is -0.125. The molecule has 3 aromatic carbocycles. The number of amides is 2. The molecule has 3 N–H and O–H groups in total. The molecule has 1 aliphatic rings. The van der Waals surface area contributed by atoms with Crippen molar-refractivity contribution in [1.29, 1.82) is 5.41 Å². The number of hydrogen-bond acceptors (Lipinski definition) is 3. The van der Waals surface area contributed by atoms with E-state index in [1.165, 1.54) is 12.6 Å². The van der Waals surface area contributed by atoms with Crippen LogP contribution in [0.15, 0.2) is 84.9 Å². The maximum absolute atomic E-state index is 13.7. The van der Waals surface area contributed by atoms with Gasteiger partial charge in [0.05, 0.1) is 0 Å². The van der Waals surface area contributed by atoms with Crippen molar-refractivity contribution in [2.24, 2.45) is 5.92 Å². The summed E-state index contributed by atoms with van der Waals surface area (Å²) in [5.41, 5.74) is 2.44. The van der Waals surface area contributed by atoms with E-state index in [0.717, 1.165) is 48.1 Å². The molecule has 0 spiro atoms. The predicted octanol–water partition coefficient (Wildman–Crippen LogP) is 5.85. The maximum Gasteiger partial charge on any atom is 0.235 e. The van der Waals surface area contributed by atoms with Gasteiger partial charge >= 0.3 is 0 Å². The van der Waals surface area contributed by atoms with Crippen LogP contribution in [-0.4, -0.2) is 18.0 Å². The number of benzene rings is 3. The van der Waals surface area contributed by atoms with Crippen LogP contribution in [0.25, 0.3) is 0 Å². The van der Waals surface area contributed by atoms with E-state index in [1.807, 2.05) is 84.9 Å². The van der Waals surface area contributed by atoms with Crippen LogP contribution in [0.3, 0.4) is 0 Å². The van der Waals surface area contributed by atoms with Crippen LogP contribution in [-0.2, 0) is 21.5 Å². The van der Waals surface area contributed by atoms with Crippen molar-refractivity contribution in [1.82, 2.24) is 5.32 Å². The van der Waals surface area contributed by atoms with E-state index in [0.29, 0.717) is 6.54 Å². The molecule has 1 saturated carbocycles. The summed E-state index contributed by atoms with van der Waals surface area (Å²) in [7, 11) is 0. The van der Waals surface area contributed by atoms with Crippen molar-refractivity contribution in [2.75, 3.05) is 5.32 Å². The Morgan fingerprint density at radius 3 is 1.94 bits per heavy atom. The van der Waals surface area contributed by atoms with Gasteiger partial charge in [-0.2, -0.15) is 0 Å². The lowest BCUT2D eigenvalue weighted by Gasteiger charge is -2.32. The zero-order chi connectivity index (χ0) is 24.5. The summed E-state index contributed by atoms with van der Waals surface area (Å²) in [6.07, 6.45) is 6.99. The Balaban J connectivity index is 1.48. The predicted molar refractivity (Wildman–Crippen MR) is 141 cm³/mol. The van der Waals surface area contributed by atoms with Gasteiger partial charge in [0, 0.05) is 24.6 Å². The van der Waals surface area contributed by atoms with Crippen molar-refractivity contribution in [3.63, 3.8) is 0 Å². The summed E-state index contributed by atoms with van der Waals surface area (Å²) < 4.78 is 0. The fraction of sp³-hybridized carbons (Fsp3) is 0.300. The third-order valence-corrected chi connectivity index (χ3v) is 6.98. The highest BCUT2D eigenvalue weighted by atomic mass is 16.2. The molecule has 180 valence electrons. The minimum atomic E-state index is -0.988. The summed E-state index contributed by atoms with van der Waals surface area (Å²) in [5.74, 6) is 0.0710. The molecule has 0 heterocycles. The van der Waals surface area contributed by atoms with Gasteiger partial charge in [-0.15, -0.1) is 0 Å². The van der Waals surface area contributed by atoms with Gasteiger partial charge in [0.25, 0.3) is 0 Å². The van der Waals surface area contributed by atoms with Gasteiger partial charge in [-0.3, -0.25) is 9.59 Å². The number of rotatable bonds is 9. The summed E-state index contributed by atoms with van der Waals surface area (Å²) >= 11 is 0. The minimum absolute atomic E-state index is 0.105. The quantitative estimate of drug-likeness (QED) is 0.345. The topological polar surface area (TPSA) is 82.1 Å². The standard InChI is InChI=1S/C30H33N3O2/c31-21-20-30(25-12-6-2-7-13-25,26-14-8-3-9-15-26)29(35)32-22-23-16-18-27(19-17-23)33-28(34)24-10-4-1-5-11-24/h2-3,6-9,12-19,21,24,31H,1,4-5,10-11,20,22H2,(H,32,35)(H,33,34). The molecule has 4 rings (SSSR count). The highest BCUT2D eigenvalue weighted by Crippen LogP contribution is 2.35. The summed E-state index contributed by atoms with van der Waals surface area (Å²) in [4.78, 5) is 26.3. The van der Waals surface area contributed by atoms with Gasteiger partial charge in [0.15, 0.2) is 0 Å². The lowest BCUT2D eigenvalue weighted by Crippen LogP contribution is -2.45. The van der Waals surface area contributed by atoms with E-state index >= 15 is 0 Å². The fourth-order valence-electron chi connectivity index (χ4n) is 5.00. The summed E-state index contributed by atoms with van der Waals surface area (Å²) in [5, 5.41) is 14.0. The Morgan fingerprint density at radius 1 is 0.829 bits per heavy atom. The fourth-order valence-corrected chi connectivity index (χ4v) is 5.00. The molecule has 35 heavy (non-hydrogen) atoms. The number of hydrogen-bond donors (Lipinski definition) is 3. The number of nitrogens with one attached hydrogen (secondary N) is 3. The molecular weight excluding hydrogens is 434 g/mol. The van der Waals surface area contributed by atoms with Crippen LogP contribution in [0.1, 0.15) is 55.2 Å². The van der Waals surface area contributed by atoms with Crippen LogP contribution < -0.4 is 10.6 Å². The van der Waals surface area contributed by atoms with Gasteiger partial charge in [0.1, 0.15) is 5.41 Å². The molecule has 5 heteroatoms. The molecule has 3 aromatic rings. The second-order valence-electron chi connectivity index (χ2n) is 9.25. The normalized spacial score (nSPS) is 14.2. The van der Waals surface area contributed by atoms with E-state index in [1.54, 1.807) is 0 Å². The zero-order valence-corrected chi connectivity index (χ0v) is 20.0. The first-order valence-electron chi connectivity index (χ1n) is 12.4. The molecule has 5 nitrogen and oxygen atoms in total. The molecule has 2 amide bonds.